The van der Waals surface area contributed by atoms with E-state index < -0.39 is 0 Å². The Morgan fingerprint density at radius 1 is 1.50 bits per heavy atom. The van der Waals surface area contributed by atoms with Crippen molar-refractivity contribution in [3.8, 4) is 5.75 Å². The van der Waals surface area contributed by atoms with Crippen molar-refractivity contribution >= 4 is 17.6 Å². The summed E-state index contributed by atoms with van der Waals surface area (Å²) in [6.07, 6.45) is 2.61. The second-order valence-electron chi connectivity index (χ2n) is 6.03. The summed E-state index contributed by atoms with van der Waals surface area (Å²) in [6.45, 7) is 3.67. The maximum absolute atomic E-state index is 9.73. The van der Waals surface area contributed by atoms with Crippen LogP contribution in [0.1, 0.15) is 18.2 Å². The van der Waals surface area contributed by atoms with Crippen molar-refractivity contribution in [2.24, 2.45) is 16.6 Å². The molecule has 3 heterocycles. The molecule has 0 aliphatic carbocycles. The van der Waals surface area contributed by atoms with Gasteiger partial charge in [-0.2, -0.15) is 0 Å². The Morgan fingerprint density at radius 3 is 3.04 bits per heavy atom. The summed E-state index contributed by atoms with van der Waals surface area (Å²) in [5, 5.41) is 13.9. The van der Waals surface area contributed by atoms with Crippen LogP contribution in [0.3, 0.4) is 0 Å². The van der Waals surface area contributed by atoms with E-state index in [1.807, 2.05) is 25.0 Å². The molecule has 2 aliphatic heterocycles. The topological polar surface area (TPSA) is 87.2 Å². The van der Waals surface area contributed by atoms with E-state index in [1.54, 1.807) is 11.2 Å². The minimum Gasteiger partial charge on any atom is -0.493 e. The molecule has 0 saturated heterocycles. The Morgan fingerprint density at radius 2 is 2.29 bits per heavy atom. The van der Waals surface area contributed by atoms with Crippen molar-refractivity contribution in [1.82, 2.24) is 15.0 Å². The van der Waals surface area contributed by atoms with Gasteiger partial charge in [0.25, 0.3) is 0 Å². The maximum Gasteiger partial charge on any atom is 0.212 e. The van der Waals surface area contributed by atoms with Crippen molar-refractivity contribution in [3.63, 3.8) is 0 Å². The van der Waals surface area contributed by atoms with Gasteiger partial charge in [-0.15, -0.1) is 0 Å². The number of aliphatic imine (C=N–C) groups is 1. The van der Waals surface area contributed by atoms with Gasteiger partial charge in [-0.25, -0.2) is 10.0 Å². The first kappa shape index (κ1) is 17.0. The highest BCUT2D eigenvalue weighted by molar-refractivity contribution is 6.30. The summed E-state index contributed by atoms with van der Waals surface area (Å²) in [5.74, 6) is 1.08. The lowest BCUT2D eigenvalue weighted by molar-refractivity contribution is 0.0325. The van der Waals surface area contributed by atoms with Gasteiger partial charge in [0.15, 0.2) is 0 Å². The van der Waals surface area contributed by atoms with Gasteiger partial charge >= 0.3 is 0 Å². The van der Waals surface area contributed by atoms with Crippen LogP contribution in [-0.2, 0) is 13.0 Å². The van der Waals surface area contributed by atoms with E-state index in [9.17, 15) is 5.11 Å². The number of aromatic nitrogens is 1. The molecular formula is C16H22ClN5O2. The number of nitrogens with two attached hydrogens (primary N) is 1. The lowest BCUT2D eigenvalue weighted by Gasteiger charge is -2.36. The number of rotatable bonds is 3. The van der Waals surface area contributed by atoms with Crippen LogP contribution in [0.15, 0.2) is 28.0 Å². The average molecular weight is 352 g/mol. The van der Waals surface area contributed by atoms with Crippen LogP contribution in [0.2, 0.25) is 0 Å². The predicted octanol–water partition coefficient (Wildman–Crippen LogP) is 1.07. The van der Waals surface area contributed by atoms with E-state index in [0.717, 1.165) is 29.0 Å². The predicted molar refractivity (Wildman–Crippen MR) is 92.4 cm³/mol. The Hall–Kier alpha value is -1.83. The molecule has 1 atom stereocenters. The SMILES string of the molecule is C/C1=C(Cl)\N=C(\N)N(C)N(Cc2nccc3c2CCO3)CC1CO. The minimum absolute atomic E-state index is 0.00868. The zero-order chi connectivity index (χ0) is 17.3. The monoisotopic (exact) mass is 351 g/mol. The minimum atomic E-state index is -0.121. The van der Waals surface area contributed by atoms with Crippen molar-refractivity contribution in [1.29, 1.82) is 0 Å². The number of fused-ring (bicyclic) bond motifs is 1. The lowest BCUT2D eigenvalue weighted by Crippen LogP contribution is -2.50. The van der Waals surface area contributed by atoms with Crippen molar-refractivity contribution in [3.05, 3.63) is 34.2 Å². The number of guanidine groups is 1. The standard InChI is InChI=1S/C16H22ClN5O2/c1-10-11(9-23)7-22(21(2)16(18)20-15(10)17)8-13-12-4-6-24-14(12)3-5-19-13/h3,5,11,23H,4,6-9H2,1-2H3,(H2,18,20)/b15-10+. The first-order chi connectivity index (χ1) is 11.5. The average Bonchev–Trinajstić information content (AvgIpc) is 3.06. The Bertz CT molecular complexity index is 691. The number of aliphatic hydroxyl groups is 1. The lowest BCUT2D eigenvalue weighted by atomic mass is 10.0. The van der Waals surface area contributed by atoms with E-state index in [4.69, 9.17) is 22.1 Å². The van der Waals surface area contributed by atoms with Gasteiger partial charge in [0.1, 0.15) is 10.9 Å². The van der Waals surface area contributed by atoms with Gasteiger partial charge < -0.3 is 15.6 Å². The van der Waals surface area contributed by atoms with Crippen LogP contribution >= 0.6 is 11.6 Å². The third-order valence-electron chi connectivity index (χ3n) is 4.60. The maximum atomic E-state index is 9.73. The molecule has 3 rings (SSSR count). The number of ether oxygens (including phenoxy) is 1. The molecule has 3 N–H and O–H groups in total. The molecule has 1 aromatic heterocycles. The van der Waals surface area contributed by atoms with Crippen molar-refractivity contribution in [2.75, 3.05) is 26.8 Å². The molecule has 0 radical (unpaired) electrons. The normalized spacial score (nSPS) is 27.1. The van der Waals surface area contributed by atoms with Gasteiger partial charge in [-0.3, -0.25) is 9.99 Å². The molecule has 0 aromatic carbocycles. The molecule has 24 heavy (non-hydrogen) atoms. The van der Waals surface area contributed by atoms with Gasteiger partial charge in [0.2, 0.25) is 5.96 Å². The summed E-state index contributed by atoms with van der Waals surface area (Å²) in [7, 11) is 1.83. The molecule has 130 valence electrons. The van der Waals surface area contributed by atoms with Crippen LogP contribution in [0, 0.1) is 5.92 Å². The van der Waals surface area contributed by atoms with E-state index in [1.165, 1.54) is 0 Å². The molecular weight excluding hydrogens is 330 g/mol. The van der Waals surface area contributed by atoms with Gasteiger partial charge in [0.05, 0.1) is 25.5 Å². The summed E-state index contributed by atoms with van der Waals surface area (Å²) < 4.78 is 5.61. The van der Waals surface area contributed by atoms with E-state index in [2.05, 4.69) is 9.98 Å². The number of pyridine rings is 1. The number of hydrogen-bond donors (Lipinski definition) is 2. The van der Waals surface area contributed by atoms with Gasteiger partial charge in [-0.05, 0) is 18.6 Å². The summed E-state index contributed by atoms with van der Waals surface area (Å²) in [6, 6.07) is 1.89. The molecule has 1 aromatic rings. The van der Waals surface area contributed by atoms with Crippen LogP contribution in [-0.4, -0.2) is 52.9 Å². The fourth-order valence-electron chi connectivity index (χ4n) is 2.94. The zero-order valence-electron chi connectivity index (χ0n) is 13.9. The zero-order valence-corrected chi connectivity index (χ0v) is 14.6. The number of aliphatic hydroxyl groups excluding tert-OH is 1. The highest BCUT2D eigenvalue weighted by atomic mass is 35.5. The molecule has 0 spiro atoms. The molecule has 0 amide bonds. The molecule has 0 saturated carbocycles. The molecule has 0 bridgehead atoms. The molecule has 2 aliphatic rings. The second-order valence-corrected chi connectivity index (χ2v) is 6.38. The second kappa shape index (κ2) is 6.96. The number of halogens is 1. The summed E-state index contributed by atoms with van der Waals surface area (Å²) in [5.41, 5.74) is 8.97. The highest BCUT2D eigenvalue weighted by Gasteiger charge is 2.26. The Kier molecular flexibility index (Phi) is 4.93. The fourth-order valence-corrected chi connectivity index (χ4v) is 3.18. The van der Waals surface area contributed by atoms with Crippen molar-refractivity contribution in [2.45, 2.75) is 19.9 Å². The third-order valence-corrected chi connectivity index (χ3v) is 4.98. The van der Waals surface area contributed by atoms with Crippen LogP contribution < -0.4 is 10.5 Å². The van der Waals surface area contributed by atoms with Crippen LogP contribution in [0.4, 0.5) is 0 Å². The fraction of sp³-hybridized carbons (Fsp3) is 0.500. The molecule has 1 unspecified atom stereocenters. The largest absolute Gasteiger partial charge is 0.493 e. The molecule has 0 fully saturated rings. The summed E-state index contributed by atoms with van der Waals surface area (Å²) >= 11 is 6.19. The van der Waals surface area contributed by atoms with Crippen LogP contribution in [0.5, 0.6) is 5.75 Å². The number of hydrazine groups is 1. The van der Waals surface area contributed by atoms with Crippen LogP contribution in [0.25, 0.3) is 0 Å². The Balaban J connectivity index is 1.90. The van der Waals surface area contributed by atoms with Gasteiger partial charge in [-0.1, -0.05) is 11.6 Å². The highest BCUT2D eigenvalue weighted by Crippen LogP contribution is 2.29. The van der Waals surface area contributed by atoms with E-state index in [0.29, 0.717) is 30.8 Å². The van der Waals surface area contributed by atoms with E-state index >= 15 is 0 Å². The molecule has 7 nitrogen and oxygen atoms in total. The number of nitrogens with zero attached hydrogens (tertiary/aromatic N) is 4. The molecule has 8 heteroatoms. The quantitative estimate of drug-likeness (QED) is 0.792. The number of hydrogen-bond acceptors (Lipinski definition) is 7. The Labute approximate surface area is 146 Å². The van der Waals surface area contributed by atoms with Gasteiger partial charge in [0, 0.05) is 37.7 Å². The first-order valence-electron chi connectivity index (χ1n) is 7.90. The smallest absolute Gasteiger partial charge is 0.212 e. The summed E-state index contributed by atoms with van der Waals surface area (Å²) in [4.78, 5) is 8.74. The van der Waals surface area contributed by atoms with Crippen molar-refractivity contribution < 1.29 is 9.84 Å². The first-order valence-corrected chi connectivity index (χ1v) is 8.28. The third kappa shape index (κ3) is 3.19. The van der Waals surface area contributed by atoms with E-state index in [-0.39, 0.29) is 12.5 Å².